The van der Waals surface area contributed by atoms with E-state index in [1.54, 1.807) is 6.20 Å². The molecule has 3 heteroatoms. The van der Waals surface area contributed by atoms with Crippen molar-refractivity contribution in [1.82, 2.24) is 9.97 Å². The van der Waals surface area contributed by atoms with E-state index in [1.165, 1.54) is 0 Å². The Hall–Kier alpha value is -1.09. The van der Waals surface area contributed by atoms with Gasteiger partial charge in [-0.25, -0.2) is 4.98 Å². The first-order valence-electron chi connectivity index (χ1n) is 3.27. The van der Waals surface area contributed by atoms with E-state index in [0.29, 0.717) is 6.54 Å². The molecule has 0 saturated carbocycles. The number of hydrogen-bond donors (Lipinski definition) is 2. The molecule has 1 heterocycles. The summed E-state index contributed by atoms with van der Waals surface area (Å²) in [6.07, 6.45) is 8.31. The van der Waals surface area contributed by atoms with Crippen molar-refractivity contribution < 1.29 is 0 Å². The van der Waals surface area contributed by atoms with E-state index in [2.05, 4.69) is 9.97 Å². The summed E-state index contributed by atoms with van der Waals surface area (Å²) in [4.78, 5) is 7.03. The van der Waals surface area contributed by atoms with Crippen LogP contribution >= 0.6 is 0 Å². The summed E-state index contributed by atoms with van der Waals surface area (Å²) in [5, 5.41) is 0. The van der Waals surface area contributed by atoms with Gasteiger partial charge in [0.05, 0.1) is 0 Å². The molecule has 10 heavy (non-hydrogen) atoms. The van der Waals surface area contributed by atoms with Crippen molar-refractivity contribution in [1.29, 1.82) is 0 Å². The number of aromatic nitrogens is 2. The van der Waals surface area contributed by atoms with Crippen LogP contribution in [0.1, 0.15) is 5.82 Å². The fourth-order valence-electron chi connectivity index (χ4n) is 0.701. The summed E-state index contributed by atoms with van der Waals surface area (Å²) >= 11 is 0. The van der Waals surface area contributed by atoms with Gasteiger partial charge in [-0.3, -0.25) is 0 Å². The van der Waals surface area contributed by atoms with Gasteiger partial charge in [-0.05, 0) is 0 Å². The van der Waals surface area contributed by atoms with Crippen LogP contribution in [-0.4, -0.2) is 16.5 Å². The second-order valence-electron chi connectivity index (χ2n) is 1.95. The molecule has 0 fully saturated rings. The van der Waals surface area contributed by atoms with Gasteiger partial charge in [0.15, 0.2) is 0 Å². The van der Waals surface area contributed by atoms with Crippen LogP contribution in [0.25, 0.3) is 0 Å². The third-order valence-corrected chi connectivity index (χ3v) is 1.17. The standard InChI is InChI=1S/C7H11N3/c8-4-2-1-3-7-9-5-6-10-7/h1-2,5-6H,3-4,8H2,(H,9,10)/b2-1+. The number of hydrogen-bond acceptors (Lipinski definition) is 2. The molecule has 0 bridgehead atoms. The summed E-state index contributed by atoms with van der Waals surface area (Å²) < 4.78 is 0. The smallest absolute Gasteiger partial charge is 0.109 e. The molecule has 3 nitrogen and oxygen atoms in total. The number of nitrogens with two attached hydrogens (primary N) is 1. The Morgan fingerprint density at radius 3 is 3.10 bits per heavy atom. The molecule has 1 aromatic rings. The lowest BCUT2D eigenvalue weighted by Crippen LogP contribution is -1.93. The number of H-pyrrole nitrogens is 1. The molecule has 1 rings (SSSR count). The third kappa shape index (κ3) is 2.03. The van der Waals surface area contributed by atoms with Gasteiger partial charge in [0.2, 0.25) is 0 Å². The van der Waals surface area contributed by atoms with Crippen LogP contribution in [0.5, 0.6) is 0 Å². The molecule has 0 aliphatic carbocycles. The molecule has 0 radical (unpaired) electrons. The van der Waals surface area contributed by atoms with Crippen LogP contribution in [0, 0.1) is 0 Å². The van der Waals surface area contributed by atoms with Gasteiger partial charge in [-0.2, -0.15) is 0 Å². The van der Waals surface area contributed by atoms with Gasteiger partial charge in [0.25, 0.3) is 0 Å². The summed E-state index contributed by atoms with van der Waals surface area (Å²) in [5.41, 5.74) is 5.25. The van der Waals surface area contributed by atoms with Crippen molar-refractivity contribution in [3.05, 3.63) is 30.4 Å². The number of nitrogens with zero attached hydrogens (tertiary/aromatic N) is 1. The average molecular weight is 137 g/mol. The first-order chi connectivity index (χ1) is 4.93. The Morgan fingerprint density at radius 1 is 1.60 bits per heavy atom. The van der Waals surface area contributed by atoms with E-state index in [-0.39, 0.29) is 0 Å². The topological polar surface area (TPSA) is 54.7 Å². The molecule has 3 N–H and O–H groups in total. The van der Waals surface area contributed by atoms with Crippen LogP contribution in [0.3, 0.4) is 0 Å². The molecule has 0 unspecified atom stereocenters. The van der Waals surface area contributed by atoms with Crippen LogP contribution in [0.15, 0.2) is 24.5 Å². The molecule has 1 aromatic heterocycles. The molecule has 0 atom stereocenters. The highest BCUT2D eigenvalue weighted by molar-refractivity contribution is 4.96. The zero-order valence-electron chi connectivity index (χ0n) is 5.75. The second kappa shape index (κ2) is 3.85. The summed E-state index contributed by atoms with van der Waals surface area (Å²) in [6.45, 7) is 0.598. The Balaban J connectivity index is 2.34. The lowest BCUT2D eigenvalue weighted by molar-refractivity contribution is 1.05. The van der Waals surface area contributed by atoms with Gasteiger partial charge in [0.1, 0.15) is 5.82 Å². The Labute approximate surface area is 60.0 Å². The number of allylic oxidation sites excluding steroid dienone is 1. The van der Waals surface area contributed by atoms with Gasteiger partial charge >= 0.3 is 0 Å². The normalized spacial score (nSPS) is 10.9. The van der Waals surface area contributed by atoms with Crippen LogP contribution in [0.4, 0.5) is 0 Å². The Bertz CT molecular complexity index is 189. The summed E-state index contributed by atoms with van der Waals surface area (Å²) in [6, 6.07) is 0. The van der Waals surface area contributed by atoms with Crippen LogP contribution in [-0.2, 0) is 6.42 Å². The Kier molecular flexibility index (Phi) is 2.70. The van der Waals surface area contributed by atoms with Crippen molar-refractivity contribution in [2.45, 2.75) is 6.42 Å². The number of rotatable bonds is 3. The van der Waals surface area contributed by atoms with Gasteiger partial charge in [-0.1, -0.05) is 12.2 Å². The predicted molar refractivity (Wildman–Crippen MR) is 40.5 cm³/mol. The zero-order valence-corrected chi connectivity index (χ0v) is 5.75. The number of nitrogens with one attached hydrogen (secondary N) is 1. The van der Waals surface area contributed by atoms with Gasteiger partial charge < -0.3 is 10.7 Å². The van der Waals surface area contributed by atoms with Gasteiger partial charge in [-0.15, -0.1) is 0 Å². The van der Waals surface area contributed by atoms with E-state index in [1.807, 2.05) is 18.3 Å². The number of imidazole rings is 1. The SMILES string of the molecule is NC/C=C/Cc1ncc[nH]1. The lowest BCUT2D eigenvalue weighted by Gasteiger charge is -1.85. The zero-order chi connectivity index (χ0) is 7.23. The van der Waals surface area contributed by atoms with Crippen molar-refractivity contribution in [3.63, 3.8) is 0 Å². The maximum absolute atomic E-state index is 5.25. The predicted octanol–water partition coefficient (Wildman–Crippen LogP) is 0.467. The molecular weight excluding hydrogens is 126 g/mol. The van der Waals surface area contributed by atoms with Crippen LogP contribution < -0.4 is 5.73 Å². The fourth-order valence-corrected chi connectivity index (χ4v) is 0.701. The summed E-state index contributed by atoms with van der Waals surface area (Å²) in [5.74, 6) is 0.977. The monoisotopic (exact) mass is 137 g/mol. The van der Waals surface area contributed by atoms with Crippen LogP contribution in [0.2, 0.25) is 0 Å². The van der Waals surface area contributed by atoms with E-state index in [0.717, 1.165) is 12.2 Å². The van der Waals surface area contributed by atoms with Gasteiger partial charge in [0, 0.05) is 25.4 Å². The fraction of sp³-hybridized carbons (Fsp3) is 0.286. The molecular formula is C7H11N3. The van der Waals surface area contributed by atoms with Crippen molar-refractivity contribution >= 4 is 0 Å². The maximum atomic E-state index is 5.25. The number of aromatic amines is 1. The Morgan fingerprint density at radius 2 is 2.50 bits per heavy atom. The molecule has 54 valence electrons. The van der Waals surface area contributed by atoms with E-state index in [9.17, 15) is 0 Å². The first-order valence-corrected chi connectivity index (χ1v) is 3.27. The third-order valence-electron chi connectivity index (χ3n) is 1.17. The lowest BCUT2D eigenvalue weighted by atomic mass is 10.3. The largest absolute Gasteiger partial charge is 0.348 e. The maximum Gasteiger partial charge on any atom is 0.109 e. The van der Waals surface area contributed by atoms with Crippen molar-refractivity contribution in [3.8, 4) is 0 Å². The molecule has 0 aliphatic rings. The second-order valence-corrected chi connectivity index (χ2v) is 1.95. The first kappa shape index (κ1) is 7.02. The quantitative estimate of drug-likeness (QED) is 0.595. The van der Waals surface area contributed by atoms with Crippen molar-refractivity contribution in [2.24, 2.45) is 5.73 Å². The van der Waals surface area contributed by atoms with E-state index < -0.39 is 0 Å². The molecule has 0 aromatic carbocycles. The minimum atomic E-state index is 0.598. The minimum absolute atomic E-state index is 0.598. The van der Waals surface area contributed by atoms with Crippen molar-refractivity contribution in [2.75, 3.05) is 6.54 Å². The molecule has 0 saturated heterocycles. The molecule has 0 spiro atoms. The summed E-state index contributed by atoms with van der Waals surface area (Å²) in [7, 11) is 0. The highest BCUT2D eigenvalue weighted by Gasteiger charge is 1.86. The molecule has 0 amide bonds. The highest BCUT2D eigenvalue weighted by Crippen LogP contribution is 1.89. The molecule has 0 aliphatic heterocycles. The average Bonchev–Trinajstić information content (AvgIpc) is 2.41. The van der Waals surface area contributed by atoms with E-state index >= 15 is 0 Å². The highest BCUT2D eigenvalue weighted by atomic mass is 14.9. The van der Waals surface area contributed by atoms with E-state index in [4.69, 9.17) is 5.73 Å². The minimum Gasteiger partial charge on any atom is -0.348 e.